The fourth-order valence-corrected chi connectivity index (χ4v) is 2.22. The Morgan fingerprint density at radius 1 is 1.18 bits per heavy atom. The lowest BCUT2D eigenvalue weighted by Gasteiger charge is -2.18. The third-order valence-corrected chi connectivity index (χ3v) is 3.12. The van der Waals surface area contributed by atoms with Crippen molar-refractivity contribution in [3.05, 3.63) is 30.1 Å². The molecule has 3 nitrogen and oxygen atoms in total. The zero-order chi connectivity index (χ0) is 11.7. The van der Waals surface area contributed by atoms with Crippen LogP contribution in [0, 0.1) is 5.82 Å². The lowest BCUT2D eigenvalue weighted by molar-refractivity contribution is 0.583. The van der Waals surface area contributed by atoms with E-state index in [0.717, 1.165) is 49.5 Å². The monoisotopic (exact) mass is 234 g/mol. The fraction of sp³-hybridized carbons (Fsp3) is 0.385. The molecule has 4 heteroatoms. The van der Waals surface area contributed by atoms with E-state index in [2.05, 4.69) is 10.2 Å². The highest BCUT2D eigenvalue weighted by Gasteiger charge is 2.13. The molecule has 0 amide bonds. The van der Waals surface area contributed by atoms with Crippen LogP contribution in [0.2, 0.25) is 0 Å². The van der Waals surface area contributed by atoms with Crippen molar-refractivity contribution < 1.29 is 8.81 Å². The van der Waals surface area contributed by atoms with Gasteiger partial charge in [-0.25, -0.2) is 4.39 Å². The minimum absolute atomic E-state index is 0.220. The van der Waals surface area contributed by atoms with E-state index in [0.29, 0.717) is 0 Å². The van der Waals surface area contributed by atoms with E-state index >= 15 is 0 Å². The van der Waals surface area contributed by atoms with Gasteiger partial charge in [0.1, 0.15) is 11.4 Å². The number of nitrogens with one attached hydrogen (secondary N) is 1. The lowest BCUT2D eigenvalue weighted by Crippen LogP contribution is -2.27. The van der Waals surface area contributed by atoms with Crippen LogP contribution in [0.3, 0.4) is 0 Å². The summed E-state index contributed by atoms with van der Waals surface area (Å²) in [5.74, 6) is 0.622. The normalized spacial score (nSPS) is 17.4. The van der Waals surface area contributed by atoms with Crippen molar-refractivity contribution in [2.75, 3.05) is 31.1 Å². The summed E-state index contributed by atoms with van der Waals surface area (Å²) in [4.78, 5) is 2.21. The van der Waals surface area contributed by atoms with Crippen LogP contribution in [0.5, 0.6) is 0 Å². The van der Waals surface area contributed by atoms with Crippen LogP contribution in [-0.2, 0) is 0 Å². The second-order valence-corrected chi connectivity index (χ2v) is 4.36. The first-order chi connectivity index (χ1) is 8.33. The van der Waals surface area contributed by atoms with Crippen LogP contribution in [0.1, 0.15) is 6.42 Å². The van der Waals surface area contributed by atoms with Crippen molar-refractivity contribution in [1.29, 1.82) is 0 Å². The van der Waals surface area contributed by atoms with E-state index in [1.54, 1.807) is 6.07 Å². The van der Waals surface area contributed by atoms with Gasteiger partial charge in [0.15, 0.2) is 5.88 Å². The summed E-state index contributed by atoms with van der Waals surface area (Å²) < 4.78 is 18.8. The summed E-state index contributed by atoms with van der Waals surface area (Å²) in [7, 11) is 0. The maximum absolute atomic E-state index is 13.1. The number of benzene rings is 1. The average Bonchev–Trinajstić information content (AvgIpc) is 2.57. The van der Waals surface area contributed by atoms with E-state index in [-0.39, 0.29) is 5.82 Å². The zero-order valence-electron chi connectivity index (χ0n) is 9.58. The van der Waals surface area contributed by atoms with E-state index in [1.807, 2.05) is 6.07 Å². The summed E-state index contributed by atoms with van der Waals surface area (Å²) in [6, 6.07) is 6.55. The highest BCUT2D eigenvalue weighted by atomic mass is 19.1. The number of fused-ring (bicyclic) bond motifs is 1. The van der Waals surface area contributed by atoms with E-state index in [9.17, 15) is 4.39 Å². The number of furan rings is 1. The van der Waals surface area contributed by atoms with Crippen molar-refractivity contribution >= 4 is 16.9 Å². The van der Waals surface area contributed by atoms with Gasteiger partial charge in [-0.3, -0.25) is 0 Å². The molecule has 2 heterocycles. The molecule has 1 N–H and O–H groups in total. The average molecular weight is 234 g/mol. The standard InChI is InChI=1S/C13H15FN2O/c14-11-2-3-12-10(8-11)9-13(17-12)16-6-1-4-15-5-7-16/h2-3,8-9,15H,1,4-7H2. The molecule has 1 saturated heterocycles. The van der Waals surface area contributed by atoms with Crippen molar-refractivity contribution in [3.8, 4) is 0 Å². The van der Waals surface area contributed by atoms with Crippen LogP contribution in [0.4, 0.5) is 10.3 Å². The Balaban J connectivity index is 1.93. The minimum Gasteiger partial charge on any atom is -0.441 e. The smallest absolute Gasteiger partial charge is 0.196 e. The molecule has 1 aromatic carbocycles. The van der Waals surface area contributed by atoms with E-state index in [4.69, 9.17) is 4.42 Å². The summed E-state index contributed by atoms with van der Waals surface area (Å²) in [5, 5.41) is 4.18. The Labute approximate surface area is 99.2 Å². The fourth-order valence-electron chi connectivity index (χ4n) is 2.22. The van der Waals surface area contributed by atoms with Crippen LogP contribution in [0.25, 0.3) is 11.0 Å². The Morgan fingerprint density at radius 3 is 3.06 bits per heavy atom. The van der Waals surface area contributed by atoms with Crippen molar-refractivity contribution in [2.45, 2.75) is 6.42 Å². The summed E-state index contributed by atoms with van der Waals surface area (Å²) >= 11 is 0. The number of hydrogen-bond acceptors (Lipinski definition) is 3. The van der Waals surface area contributed by atoms with Gasteiger partial charge in [0, 0.05) is 31.1 Å². The number of nitrogens with zero attached hydrogens (tertiary/aromatic N) is 1. The summed E-state index contributed by atoms with van der Waals surface area (Å²) in [6.07, 6.45) is 1.10. The lowest BCUT2D eigenvalue weighted by atomic mass is 10.2. The molecule has 0 saturated carbocycles. The first-order valence-corrected chi connectivity index (χ1v) is 5.98. The maximum Gasteiger partial charge on any atom is 0.196 e. The largest absolute Gasteiger partial charge is 0.441 e. The van der Waals surface area contributed by atoms with Gasteiger partial charge in [-0.2, -0.15) is 0 Å². The topological polar surface area (TPSA) is 28.4 Å². The van der Waals surface area contributed by atoms with Gasteiger partial charge in [0.25, 0.3) is 0 Å². The molecule has 0 unspecified atom stereocenters. The molecule has 0 spiro atoms. The molecule has 2 aromatic rings. The maximum atomic E-state index is 13.1. The van der Waals surface area contributed by atoms with Gasteiger partial charge in [0.2, 0.25) is 0 Å². The summed E-state index contributed by atoms with van der Waals surface area (Å²) in [6.45, 7) is 3.92. The molecule has 1 fully saturated rings. The van der Waals surface area contributed by atoms with Gasteiger partial charge in [0.05, 0.1) is 0 Å². The van der Waals surface area contributed by atoms with Crippen LogP contribution in [0.15, 0.2) is 28.7 Å². The third-order valence-electron chi connectivity index (χ3n) is 3.12. The predicted octanol–water partition coefficient (Wildman–Crippen LogP) is 2.37. The molecule has 3 rings (SSSR count). The third kappa shape index (κ3) is 2.13. The van der Waals surface area contributed by atoms with Gasteiger partial charge < -0.3 is 14.6 Å². The van der Waals surface area contributed by atoms with Crippen LogP contribution in [-0.4, -0.2) is 26.2 Å². The molecule has 0 radical (unpaired) electrons. The molecule has 17 heavy (non-hydrogen) atoms. The van der Waals surface area contributed by atoms with Gasteiger partial charge in [-0.1, -0.05) is 0 Å². The Hall–Kier alpha value is -1.55. The molecular formula is C13H15FN2O. The number of hydrogen-bond donors (Lipinski definition) is 1. The van der Waals surface area contributed by atoms with Crippen LogP contribution < -0.4 is 10.2 Å². The minimum atomic E-state index is -0.220. The Morgan fingerprint density at radius 2 is 2.12 bits per heavy atom. The molecule has 1 aromatic heterocycles. The second-order valence-electron chi connectivity index (χ2n) is 4.36. The van der Waals surface area contributed by atoms with Gasteiger partial charge in [-0.05, 0) is 31.2 Å². The van der Waals surface area contributed by atoms with Crippen LogP contribution >= 0.6 is 0 Å². The molecule has 0 aliphatic carbocycles. The number of halogens is 1. The first-order valence-electron chi connectivity index (χ1n) is 5.98. The molecule has 0 bridgehead atoms. The first kappa shape index (κ1) is 10.6. The molecule has 1 aliphatic rings. The molecule has 0 atom stereocenters. The highest BCUT2D eigenvalue weighted by Crippen LogP contribution is 2.26. The van der Waals surface area contributed by atoms with E-state index < -0.39 is 0 Å². The molecule has 1 aliphatic heterocycles. The van der Waals surface area contributed by atoms with Crippen molar-refractivity contribution in [3.63, 3.8) is 0 Å². The van der Waals surface area contributed by atoms with Crippen molar-refractivity contribution in [2.24, 2.45) is 0 Å². The quantitative estimate of drug-likeness (QED) is 0.821. The van der Waals surface area contributed by atoms with Gasteiger partial charge in [-0.15, -0.1) is 0 Å². The SMILES string of the molecule is Fc1ccc2oc(N3CCCNCC3)cc2c1. The number of rotatable bonds is 1. The predicted molar refractivity (Wildman–Crippen MR) is 65.9 cm³/mol. The number of anilines is 1. The Kier molecular flexibility index (Phi) is 2.73. The zero-order valence-corrected chi connectivity index (χ0v) is 9.58. The molecular weight excluding hydrogens is 219 g/mol. The van der Waals surface area contributed by atoms with E-state index in [1.165, 1.54) is 12.1 Å². The van der Waals surface area contributed by atoms with Crippen molar-refractivity contribution in [1.82, 2.24) is 5.32 Å². The second kappa shape index (κ2) is 4.37. The molecule has 90 valence electrons. The summed E-state index contributed by atoms with van der Waals surface area (Å²) in [5.41, 5.74) is 0.749. The van der Waals surface area contributed by atoms with Gasteiger partial charge >= 0.3 is 0 Å². The Bertz CT molecular complexity index is 515. The highest BCUT2D eigenvalue weighted by molar-refractivity contribution is 5.81.